The molecular weight excluding hydrogens is 462 g/mol. The molecule has 178 valence electrons. The number of Topliss-reactive ketones (excluding diaryl/α,β-unsaturated/α-hetero) is 1. The lowest BCUT2D eigenvalue weighted by Gasteiger charge is -2.27. The molecule has 2 fully saturated rings. The maximum Gasteiger partial charge on any atom is 0.293 e. The van der Waals surface area contributed by atoms with E-state index in [0.29, 0.717) is 5.56 Å². The molecule has 2 saturated heterocycles. The van der Waals surface area contributed by atoms with E-state index in [1.807, 2.05) is 39.9 Å². The zero-order valence-electron chi connectivity index (χ0n) is 19.2. The molecule has 7 nitrogen and oxygen atoms in total. The van der Waals surface area contributed by atoms with Gasteiger partial charge in [0.1, 0.15) is 6.54 Å². The van der Waals surface area contributed by atoms with Crippen LogP contribution < -0.4 is 0 Å². The first-order chi connectivity index (χ1) is 17.0. The molecule has 3 aromatic rings. The maximum absolute atomic E-state index is 13.0. The summed E-state index contributed by atoms with van der Waals surface area (Å²) < 4.78 is 1.90. The van der Waals surface area contributed by atoms with Gasteiger partial charge in [-0.2, -0.15) is 0 Å². The standard InChI is InChI=1S/C27H25N3O4S/c31-23(19-9-3-1-4-10-19)17-30-26(33)24(35-27(30)34)15-20-16-29(22-12-6-5-11-21(20)22)18-25(32)28-13-7-2-8-14-28/h1,3-6,9-12,15-16H,2,7-8,13-14,17-18H2/b24-15-. The van der Waals surface area contributed by atoms with Crippen molar-refractivity contribution in [2.24, 2.45) is 0 Å². The first kappa shape index (κ1) is 23.1. The Balaban J connectivity index is 1.38. The largest absolute Gasteiger partial charge is 0.341 e. The van der Waals surface area contributed by atoms with Crippen molar-refractivity contribution in [2.45, 2.75) is 25.8 Å². The van der Waals surface area contributed by atoms with E-state index in [0.717, 1.165) is 65.5 Å². The number of thioether (sulfide) groups is 1. The highest BCUT2D eigenvalue weighted by atomic mass is 32.2. The average Bonchev–Trinajstić information content (AvgIpc) is 3.36. The monoisotopic (exact) mass is 487 g/mol. The van der Waals surface area contributed by atoms with E-state index in [9.17, 15) is 19.2 Å². The summed E-state index contributed by atoms with van der Waals surface area (Å²) in [4.78, 5) is 54.2. The van der Waals surface area contributed by atoms with Crippen molar-refractivity contribution in [3.05, 3.63) is 76.8 Å². The molecule has 0 saturated carbocycles. The Hall–Kier alpha value is -3.65. The van der Waals surface area contributed by atoms with Crippen LogP contribution in [-0.4, -0.2) is 56.8 Å². The molecule has 2 aliphatic heterocycles. The number of carbonyl (C=O) groups excluding carboxylic acids is 4. The van der Waals surface area contributed by atoms with Crippen LogP contribution in [0.3, 0.4) is 0 Å². The molecular formula is C27H25N3O4S. The van der Waals surface area contributed by atoms with Crippen molar-refractivity contribution in [1.82, 2.24) is 14.4 Å². The molecule has 0 atom stereocenters. The first-order valence-corrected chi connectivity index (χ1v) is 12.5. The highest BCUT2D eigenvalue weighted by Gasteiger charge is 2.36. The number of para-hydroxylation sites is 1. The van der Waals surface area contributed by atoms with Gasteiger partial charge in [-0.25, -0.2) is 0 Å². The van der Waals surface area contributed by atoms with Crippen LogP contribution in [0.1, 0.15) is 35.2 Å². The number of fused-ring (bicyclic) bond motifs is 1. The summed E-state index contributed by atoms with van der Waals surface area (Å²) in [6.07, 6.45) is 6.77. The Morgan fingerprint density at radius 3 is 2.37 bits per heavy atom. The van der Waals surface area contributed by atoms with Gasteiger partial charge >= 0.3 is 0 Å². The highest BCUT2D eigenvalue weighted by molar-refractivity contribution is 8.18. The molecule has 3 heterocycles. The quantitative estimate of drug-likeness (QED) is 0.376. The molecule has 0 unspecified atom stereocenters. The van der Waals surface area contributed by atoms with Crippen molar-refractivity contribution in [1.29, 1.82) is 0 Å². The zero-order valence-corrected chi connectivity index (χ0v) is 20.0. The minimum Gasteiger partial charge on any atom is -0.341 e. The van der Waals surface area contributed by atoms with Gasteiger partial charge in [0.25, 0.3) is 11.1 Å². The summed E-state index contributed by atoms with van der Waals surface area (Å²) in [5, 5.41) is 0.431. The number of hydrogen-bond acceptors (Lipinski definition) is 5. The van der Waals surface area contributed by atoms with Gasteiger partial charge in [-0.3, -0.25) is 24.1 Å². The summed E-state index contributed by atoms with van der Waals surface area (Å²) in [5.41, 5.74) is 2.10. The van der Waals surface area contributed by atoms with E-state index in [1.165, 1.54) is 0 Å². The zero-order chi connectivity index (χ0) is 24.4. The lowest BCUT2D eigenvalue weighted by molar-refractivity contribution is -0.132. The Morgan fingerprint density at radius 2 is 1.60 bits per heavy atom. The Morgan fingerprint density at radius 1 is 0.886 bits per heavy atom. The molecule has 0 spiro atoms. The van der Waals surface area contributed by atoms with Crippen molar-refractivity contribution < 1.29 is 19.2 Å². The van der Waals surface area contributed by atoms with Crippen LogP contribution in [0.4, 0.5) is 4.79 Å². The predicted molar refractivity (Wildman–Crippen MR) is 136 cm³/mol. The number of aromatic nitrogens is 1. The van der Waals surface area contributed by atoms with Gasteiger partial charge in [0.2, 0.25) is 5.91 Å². The van der Waals surface area contributed by atoms with E-state index < -0.39 is 11.1 Å². The summed E-state index contributed by atoms with van der Waals surface area (Å²) >= 11 is 0.830. The molecule has 0 N–H and O–H groups in total. The molecule has 0 aliphatic carbocycles. The van der Waals surface area contributed by atoms with Crippen molar-refractivity contribution in [3.8, 4) is 0 Å². The maximum atomic E-state index is 13.0. The van der Waals surface area contributed by atoms with E-state index >= 15 is 0 Å². The second-order valence-electron chi connectivity index (χ2n) is 8.73. The Labute approximate surface area is 207 Å². The second-order valence-corrected chi connectivity index (χ2v) is 9.72. The molecule has 3 amide bonds. The average molecular weight is 488 g/mol. The van der Waals surface area contributed by atoms with Crippen LogP contribution in [-0.2, 0) is 16.1 Å². The number of ketones is 1. The minimum absolute atomic E-state index is 0.0803. The molecule has 5 rings (SSSR count). The minimum atomic E-state index is -0.481. The number of rotatable bonds is 6. The fraction of sp³-hybridized carbons (Fsp3) is 0.259. The molecule has 2 aliphatic rings. The number of amides is 3. The van der Waals surface area contributed by atoms with Gasteiger partial charge in [-0.15, -0.1) is 0 Å². The highest BCUT2D eigenvalue weighted by Crippen LogP contribution is 2.34. The normalized spacial score (nSPS) is 17.5. The van der Waals surface area contributed by atoms with Crippen molar-refractivity contribution in [2.75, 3.05) is 19.6 Å². The topological polar surface area (TPSA) is 79.7 Å². The van der Waals surface area contributed by atoms with Gasteiger partial charge in [0, 0.05) is 41.3 Å². The number of likely N-dealkylation sites (tertiary alicyclic amines) is 1. The van der Waals surface area contributed by atoms with E-state index in [2.05, 4.69) is 0 Å². The van der Waals surface area contributed by atoms with E-state index in [1.54, 1.807) is 36.4 Å². The second kappa shape index (κ2) is 9.92. The fourth-order valence-electron chi connectivity index (χ4n) is 4.55. The van der Waals surface area contributed by atoms with Crippen LogP contribution in [0.5, 0.6) is 0 Å². The number of nitrogens with zero attached hydrogens (tertiary/aromatic N) is 3. The van der Waals surface area contributed by atoms with Crippen LogP contribution in [0, 0.1) is 0 Å². The molecule has 35 heavy (non-hydrogen) atoms. The third-order valence-electron chi connectivity index (χ3n) is 6.39. The predicted octanol–water partition coefficient (Wildman–Crippen LogP) is 4.57. The lowest BCUT2D eigenvalue weighted by atomic mass is 10.1. The van der Waals surface area contributed by atoms with Gasteiger partial charge in [0.15, 0.2) is 5.78 Å². The van der Waals surface area contributed by atoms with Crippen LogP contribution >= 0.6 is 11.8 Å². The lowest BCUT2D eigenvalue weighted by Crippen LogP contribution is -2.37. The van der Waals surface area contributed by atoms with Gasteiger partial charge in [-0.1, -0.05) is 48.5 Å². The number of imide groups is 1. The smallest absolute Gasteiger partial charge is 0.293 e. The van der Waals surface area contributed by atoms with E-state index in [-0.39, 0.29) is 29.7 Å². The number of piperidine rings is 1. The molecule has 1 aromatic heterocycles. The summed E-state index contributed by atoms with van der Waals surface area (Å²) in [6.45, 7) is 1.51. The fourth-order valence-corrected chi connectivity index (χ4v) is 5.38. The molecule has 2 aromatic carbocycles. The third kappa shape index (κ3) is 4.79. The summed E-state index contributed by atoms with van der Waals surface area (Å²) in [6, 6.07) is 16.3. The van der Waals surface area contributed by atoms with Gasteiger partial charge in [-0.05, 0) is 43.2 Å². The van der Waals surface area contributed by atoms with Gasteiger partial charge < -0.3 is 9.47 Å². The first-order valence-electron chi connectivity index (χ1n) is 11.7. The summed E-state index contributed by atoms with van der Waals surface area (Å²) in [5.74, 6) is -0.691. The van der Waals surface area contributed by atoms with Crippen LogP contribution in [0.2, 0.25) is 0 Å². The van der Waals surface area contributed by atoms with Crippen molar-refractivity contribution >= 4 is 51.6 Å². The Bertz CT molecular complexity index is 1340. The summed E-state index contributed by atoms with van der Waals surface area (Å²) in [7, 11) is 0. The molecule has 8 heteroatoms. The number of carbonyl (C=O) groups is 4. The third-order valence-corrected chi connectivity index (χ3v) is 7.30. The SMILES string of the molecule is O=C(CN1C(=O)S/C(=C\c2cn(CC(=O)N3CCCCC3)c3ccccc23)C1=O)c1ccccc1. The van der Waals surface area contributed by atoms with Crippen LogP contribution in [0.15, 0.2) is 65.7 Å². The van der Waals surface area contributed by atoms with Crippen LogP contribution in [0.25, 0.3) is 17.0 Å². The number of hydrogen-bond donors (Lipinski definition) is 0. The van der Waals surface area contributed by atoms with Gasteiger partial charge in [0.05, 0.1) is 11.4 Å². The van der Waals surface area contributed by atoms with Crippen molar-refractivity contribution in [3.63, 3.8) is 0 Å². The Kier molecular flexibility index (Phi) is 6.55. The molecule has 0 bridgehead atoms. The molecule has 0 radical (unpaired) electrons. The number of benzene rings is 2. The van der Waals surface area contributed by atoms with E-state index in [4.69, 9.17) is 0 Å².